The summed E-state index contributed by atoms with van der Waals surface area (Å²) in [5.74, 6) is -2.42. The molecule has 1 heterocycles. The Bertz CT molecular complexity index is 1460. The number of benzene rings is 3. The molecule has 0 atom stereocenters. The maximum Gasteiger partial charge on any atom is 0.328 e. The molecule has 0 bridgehead atoms. The largest absolute Gasteiger partial charge is 0.328 e. The van der Waals surface area contributed by atoms with Crippen molar-refractivity contribution in [1.29, 1.82) is 0 Å². The number of aryl methyl sites for hydroxylation is 2. The van der Waals surface area contributed by atoms with Crippen LogP contribution in [0.25, 0.3) is 10.9 Å². The fraction of sp³-hybridized carbons (Fsp3) is 0.0800. The van der Waals surface area contributed by atoms with E-state index < -0.39 is 17.7 Å². The van der Waals surface area contributed by atoms with E-state index >= 15 is 0 Å². The molecule has 4 aromatic rings. The smallest absolute Gasteiger partial charge is 0.321 e. The molecule has 0 saturated carbocycles. The van der Waals surface area contributed by atoms with E-state index in [1.165, 1.54) is 22.9 Å². The molecule has 3 N–H and O–H groups in total. The van der Waals surface area contributed by atoms with Crippen LogP contribution in [0.3, 0.4) is 0 Å². The van der Waals surface area contributed by atoms with Crippen LogP contribution in [0.2, 0.25) is 15.1 Å². The summed E-state index contributed by atoms with van der Waals surface area (Å²) < 4.78 is 1.23. The van der Waals surface area contributed by atoms with E-state index in [-0.39, 0.29) is 5.69 Å². The number of nitrogens with zero attached hydrogens (tertiary/aromatic N) is 1. The fourth-order valence-electron chi connectivity index (χ4n) is 3.68. The minimum absolute atomic E-state index is 0.0610. The third-order valence-electron chi connectivity index (χ3n) is 5.02. The first-order valence-electron chi connectivity index (χ1n) is 10.4. The summed E-state index contributed by atoms with van der Waals surface area (Å²) in [7, 11) is 0. The van der Waals surface area contributed by atoms with Gasteiger partial charge in [0.25, 0.3) is 5.91 Å². The van der Waals surface area contributed by atoms with Gasteiger partial charge in [0.2, 0.25) is 0 Å². The van der Waals surface area contributed by atoms with Crippen molar-refractivity contribution in [2.24, 2.45) is 0 Å². The van der Waals surface area contributed by atoms with Gasteiger partial charge in [-0.1, -0.05) is 40.9 Å². The summed E-state index contributed by atoms with van der Waals surface area (Å²) in [6.07, 6.45) is 0. The van der Waals surface area contributed by atoms with E-state index in [9.17, 15) is 14.4 Å². The second-order valence-corrected chi connectivity index (χ2v) is 9.26. The SMILES string of the molecule is Cc1cc(C)cc(NC(=O)C(=O)Nn2c(C(=O)Nc3cc(Cl)cc(Cl)c3)cc3cc(Cl)ccc32)c1. The molecule has 7 nitrogen and oxygen atoms in total. The van der Waals surface area contributed by atoms with Gasteiger partial charge in [-0.15, -0.1) is 0 Å². The van der Waals surface area contributed by atoms with Gasteiger partial charge >= 0.3 is 11.8 Å². The lowest BCUT2D eigenvalue weighted by atomic mass is 10.1. The predicted octanol–water partition coefficient (Wildman–Crippen LogP) is 6.18. The molecule has 0 radical (unpaired) electrons. The molecule has 3 aromatic carbocycles. The van der Waals surface area contributed by atoms with Gasteiger partial charge < -0.3 is 10.6 Å². The van der Waals surface area contributed by atoms with Crippen LogP contribution in [0, 0.1) is 13.8 Å². The highest BCUT2D eigenvalue weighted by Crippen LogP contribution is 2.26. The van der Waals surface area contributed by atoms with Gasteiger partial charge in [-0.25, -0.2) is 4.68 Å². The fourth-order valence-corrected chi connectivity index (χ4v) is 4.39. The summed E-state index contributed by atoms with van der Waals surface area (Å²) in [6, 6.07) is 16.5. The van der Waals surface area contributed by atoms with Crippen molar-refractivity contribution in [3.63, 3.8) is 0 Å². The first kappa shape index (κ1) is 24.6. The van der Waals surface area contributed by atoms with Crippen molar-refractivity contribution < 1.29 is 14.4 Å². The van der Waals surface area contributed by atoms with Gasteiger partial charge in [-0.05, 0) is 79.6 Å². The van der Waals surface area contributed by atoms with E-state index in [1.807, 2.05) is 19.9 Å². The monoisotopic (exact) mass is 528 g/mol. The van der Waals surface area contributed by atoms with Crippen LogP contribution >= 0.6 is 34.8 Å². The van der Waals surface area contributed by atoms with Gasteiger partial charge in [0.1, 0.15) is 5.69 Å². The summed E-state index contributed by atoms with van der Waals surface area (Å²) >= 11 is 18.2. The van der Waals surface area contributed by atoms with Crippen LogP contribution in [-0.2, 0) is 9.59 Å². The molecule has 0 saturated heterocycles. The highest BCUT2D eigenvalue weighted by Gasteiger charge is 2.21. The van der Waals surface area contributed by atoms with Gasteiger partial charge in [-0.3, -0.25) is 19.8 Å². The summed E-state index contributed by atoms with van der Waals surface area (Å²) in [6.45, 7) is 3.77. The zero-order valence-electron chi connectivity index (χ0n) is 18.6. The molecule has 3 amide bonds. The van der Waals surface area contributed by atoms with E-state index in [4.69, 9.17) is 34.8 Å². The number of carbonyl (C=O) groups is 3. The van der Waals surface area contributed by atoms with E-state index in [2.05, 4.69) is 16.1 Å². The van der Waals surface area contributed by atoms with Gasteiger partial charge in [0.15, 0.2) is 0 Å². The number of aromatic nitrogens is 1. The van der Waals surface area contributed by atoms with Gasteiger partial charge in [0.05, 0.1) is 5.52 Å². The van der Waals surface area contributed by atoms with Crippen LogP contribution in [0.1, 0.15) is 21.6 Å². The van der Waals surface area contributed by atoms with E-state index in [0.717, 1.165) is 11.1 Å². The Labute approximate surface area is 215 Å². The molecule has 0 aliphatic carbocycles. The van der Waals surface area contributed by atoms with Crippen molar-refractivity contribution in [2.45, 2.75) is 13.8 Å². The number of halogens is 3. The number of rotatable bonds is 4. The molecular formula is C25H19Cl3N4O3. The molecule has 4 rings (SSSR count). The lowest BCUT2D eigenvalue weighted by molar-refractivity contribution is -0.133. The normalized spacial score (nSPS) is 10.8. The van der Waals surface area contributed by atoms with Crippen molar-refractivity contribution in [2.75, 3.05) is 16.1 Å². The summed E-state index contributed by atoms with van der Waals surface area (Å²) in [5.41, 5.74) is 5.76. The number of nitrogens with one attached hydrogen (secondary N) is 3. The lowest BCUT2D eigenvalue weighted by Gasteiger charge is -2.13. The Morgan fingerprint density at radius 3 is 1.97 bits per heavy atom. The average Bonchev–Trinajstić information content (AvgIpc) is 3.09. The van der Waals surface area contributed by atoms with Crippen LogP contribution in [0.4, 0.5) is 11.4 Å². The van der Waals surface area contributed by atoms with E-state index in [1.54, 1.807) is 36.4 Å². The Morgan fingerprint density at radius 2 is 1.31 bits per heavy atom. The van der Waals surface area contributed by atoms with Gasteiger partial charge in [-0.2, -0.15) is 0 Å². The van der Waals surface area contributed by atoms with Crippen LogP contribution in [-0.4, -0.2) is 22.4 Å². The Morgan fingerprint density at radius 1 is 0.686 bits per heavy atom. The number of fused-ring (bicyclic) bond motifs is 1. The van der Waals surface area contributed by atoms with Gasteiger partial charge in [0, 0.05) is 31.8 Å². The van der Waals surface area contributed by atoms with Crippen LogP contribution in [0.15, 0.2) is 60.7 Å². The van der Waals surface area contributed by atoms with Crippen molar-refractivity contribution in [3.05, 3.63) is 92.6 Å². The zero-order chi connectivity index (χ0) is 25.3. The number of hydrogen-bond donors (Lipinski definition) is 3. The molecule has 10 heteroatoms. The second-order valence-electron chi connectivity index (χ2n) is 7.95. The summed E-state index contributed by atoms with van der Waals surface area (Å²) in [5, 5.41) is 7.00. The quantitative estimate of drug-likeness (QED) is 0.276. The molecule has 35 heavy (non-hydrogen) atoms. The van der Waals surface area contributed by atoms with Crippen LogP contribution < -0.4 is 16.1 Å². The standard InChI is InChI=1S/C25H19Cl3N4O3/c1-13-5-14(2)7-19(6-13)30-24(34)25(35)31-32-21-4-3-16(26)8-15(21)9-22(32)23(33)29-20-11-17(27)10-18(28)12-20/h3-12H,1-2H3,(H,29,33)(H,30,34)(H,31,35). The third kappa shape index (κ3) is 5.77. The Hall–Kier alpha value is -3.52. The molecule has 1 aromatic heterocycles. The van der Waals surface area contributed by atoms with Crippen LogP contribution in [0.5, 0.6) is 0 Å². The average molecular weight is 530 g/mol. The highest BCUT2D eigenvalue weighted by molar-refractivity contribution is 6.42. The molecule has 0 unspecified atom stereocenters. The molecule has 0 spiro atoms. The number of anilines is 2. The lowest BCUT2D eigenvalue weighted by Crippen LogP contribution is -2.36. The Kier molecular flexibility index (Phi) is 7.03. The molecule has 0 aliphatic heterocycles. The third-order valence-corrected chi connectivity index (χ3v) is 5.69. The van der Waals surface area contributed by atoms with Crippen molar-refractivity contribution >= 4 is 74.8 Å². The maximum absolute atomic E-state index is 13.1. The summed E-state index contributed by atoms with van der Waals surface area (Å²) in [4.78, 5) is 38.5. The zero-order valence-corrected chi connectivity index (χ0v) is 20.8. The molecule has 178 valence electrons. The molecule has 0 fully saturated rings. The molecule has 0 aliphatic rings. The highest BCUT2D eigenvalue weighted by atomic mass is 35.5. The minimum Gasteiger partial charge on any atom is -0.321 e. The minimum atomic E-state index is -0.962. The maximum atomic E-state index is 13.1. The Balaban J connectivity index is 1.64. The first-order chi connectivity index (χ1) is 16.6. The molecular weight excluding hydrogens is 511 g/mol. The number of amides is 3. The van der Waals surface area contributed by atoms with Crippen molar-refractivity contribution in [3.8, 4) is 0 Å². The number of hydrogen-bond acceptors (Lipinski definition) is 3. The topological polar surface area (TPSA) is 92.2 Å². The van der Waals surface area contributed by atoms with E-state index in [0.29, 0.717) is 37.3 Å². The number of carbonyl (C=O) groups excluding carboxylic acids is 3. The predicted molar refractivity (Wildman–Crippen MR) is 140 cm³/mol. The van der Waals surface area contributed by atoms with Crippen molar-refractivity contribution in [1.82, 2.24) is 4.68 Å². The first-order valence-corrected chi connectivity index (χ1v) is 11.5. The second kappa shape index (κ2) is 10.00.